The van der Waals surface area contributed by atoms with E-state index < -0.39 is 23.1 Å². The van der Waals surface area contributed by atoms with E-state index in [0.29, 0.717) is 41.7 Å². The summed E-state index contributed by atoms with van der Waals surface area (Å²) in [4.78, 5) is 54.0. The van der Waals surface area contributed by atoms with E-state index in [0.717, 1.165) is 25.9 Å². The zero-order valence-electron chi connectivity index (χ0n) is 24.5. The van der Waals surface area contributed by atoms with Gasteiger partial charge < -0.3 is 19.0 Å². The second-order valence-corrected chi connectivity index (χ2v) is 9.39. The first-order valence-electron chi connectivity index (χ1n) is 14.2. The Bertz CT molecular complexity index is 1180. The lowest BCUT2D eigenvalue weighted by Crippen LogP contribution is -2.31. The van der Waals surface area contributed by atoms with Gasteiger partial charge in [-0.25, -0.2) is 9.59 Å². The minimum absolute atomic E-state index is 0.0489. The third-order valence-electron chi connectivity index (χ3n) is 6.35. The van der Waals surface area contributed by atoms with Crippen molar-refractivity contribution in [2.45, 2.75) is 59.0 Å². The van der Waals surface area contributed by atoms with Crippen LogP contribution in [0.25, 0.3) is 6.08 Å². The maximum Gasteiger partial charge on any atom is 0.343 e. The molecule has 0 radical (unpaired) electrons. The van der Waals surface area contributed by atoms with Crippen molar-refractivity contribution in [3.63, 3.8) is 0 Å². The van der Waals surface area contributed by atoms with Crippen molar-refractivity contribution in [3.05, 3.63) is 81.4 Å². The van der Waals surface area contributed by atoms with Crippen LogP contribution in [-0.4, -0.2) is 60.7 Å². The molecule has 1 atom stereocenters. The summed E-state index contributed by atoms with van der Waals surface area (Å²) < 4.78 is 16.5. The summed E-state index contributed by atoms with van der Waals surface area (Å²) in [5.41, 5.74) is 1.62. The Labute approximate surface area is 246 Å². The molecule has 2 aromatic rings. The second-order valence-electron chi connectivity index (χ2n) is 9.39. The van der Waals surface area contributed by atoms with Crippen molar-refractivity contribution < 1.29 is 38.5 Å². The number of carbonyl (C=O) groups is 3. The van der Waals surface area contributed by atoms with Crippen LogP contribution in [0, 0.1) is 10.1 Å². The number of esters is 3. The first-order valence-corrected chi connectivity index (χ1v) is 14.2. The van der Waals surface area contributed by atoms with Crippen LogP contribution in [0.5, 0.6) is 5.75 Å². The number of carbonyl (C=O) groups excluding carboxylic acids is 3. The second kappa shape index (κ2) is 19.0. The maximum absolute atomic E-state index is 13.2. The lowest BCUT2D eigenvalue weighted by atomic mass is 9.98. The minimum Gasteiger partial charge on any atom is -0.463 e. The van der Waals surface area contributed by atoms with E-state index in [1.165, 1.54) is 6.08 Å². The molecular formula is C31H40N2O9. The zero-order chi connectivity index (χ0) is 30.7. The van der Waals surface area contributed by atoms with Crippen molar-refractivity contribution in [3.8, 4) is 5.75 Å². The molecule has 42 heavy (non-hydrogen) atoms. The van der Waals surface area contributed by atoms with Crippen LogP contribution in [0.4, 0.5) is 0 Å². The van der Waals surface area contributed by atoms with E-state index in [2.05, 4.69) is 11.8 Å². The molecule has 11 heteroatoms. The molecule has 1 unspecified atom stereocenters. The number of rotatable bonds is 19. The largest absolute Gasteiger partial charge is 0.463 e. The Kier molecular flexibility index (Phi) is 15.3. The number of nitrogens with zero attached hydrogens (tertiary/aromatic N) is 2. The molecule has 0 aliphatic carbocycles. The fourth-order valence-electron chi connectivity index (χ4n) is 3.99. The lowest BCUT2D eigenvalue weighted by molar-refractivity contribution is -0.757. The predicted octanol–water partition coefficient (Wildman–Crippen LogP) is 5.57. The number of hydrogen-bond donors (Lipinski definition) is 0. The maximum atomic E-state index is 13.2. The van der Waals surface area contributed by atoms with Crippen LogP contribution >= 0.6 is 0 Å². The molecule has 228 valence electrons. The number of ether oxygens (including phenoxy) is 3. The molecule has 0 aliphatic heterocycles. The fourth-order valence-corrected chi connectivity index (χ4v) is 3.99. The molecule has 2 rings (SSSR count). The van der Waals surface area contributed by atoms with Gasteiger partial charge in [-0.1, -0.05) is 57.5 Å². The molecule has 0 heterocycles. The van der Waals surface area contributed by atoms with Crippen LogP contribution in [0.15, 0.2) is 54.6 Å². The Balaban J connectivity index is 2.00. The monoisotopic (exact) mass is 584 g/mol. The number of unbranched alkanes of at least 4 members (excludes halogenated alkanes) is 2. The highest BCUT2D eigenvalue weighted by Crippen LogP contribution is 2.28. The van der Waals surface area contributed by atoms with Gasteiger partial charge in [-0.3, -0.25) is 9.69 Å². The summed E-state index contributed by atoms with van der Waals surface area (Å²) in [5.74, 6) is -1.14. The Morgan fingerprint density at radius 1 is 0.952 bits per heavy atom. The number of hydrogen-bond acceptors (Lipinski definition) is 10. The van der Waals surface area contributed by atoms with Gasteiger partial charge in [-0.05, 0) is 68.6 Å². The average Bonchev–Trinajstić information content (AvgIpc) is 2.99. The van der Waals surface area contributed by atoms with Crippen LogP contribution in [0.3, 0.4) is 0 Å². The fraction of sp³-hybridized carbons (Fsp3) is 0.452. The van der Waals surface area contributed by atoms with E-state index in [1.807, 2.05) is 18.7 Å². The number of benzene rings is 2. The molecule has 0 N–H and O–H groups in total. The van der Waals surface area contributed by atoms with Crippen molar-refractivity contribution >= 4 is 24.0 Å². The first kappa shape index (κ1) is 34.0. The van der Waals surface area contributed by atoms with Gasteiger partial charge in [-0.2, -0.15) is 0 Å². The van der Waals surface area contributed by atoms with Gasteiger partial charge in [0.2, 0.25) is 0 Å². The molecule has 0 saturated carbocycles. The molecular weight excluding hydrogens is 544 g/mol. The van der Waals surface area contributed by atoms with E-state index in [-0.39, 0.29) is 25.7 Å². The van der Waals surface area contributed by atoms with E-state index in [4.69, 9.17) is 14.2 Å². The van der Waals surface area contributed by atoms with Crippen LogP contribution in [0.1, 0.15) is 80.5 Å². The Morgan fingerprint density at radius 3 is 2.31 bits per heavy atom. The van der Waals surface area contributed by atoms with Gasteiger partial charge in [0, 0.05) is 11.6 Å². The predicted molar refractivity (Wildman–Crippen MR) is 156 cm³/mol. The third kappa shape index (κ3) is 12.5. The molecule has 0 aromatic heterocycles. The normalized spacial score (nSPS) is 11.7. The van der Waals surface area contributed by atoms with Gasteiger partial charge >= 0.3 is 17.9 Å². The molecule has 0 fully saturated rings. The molecule has 0 saturated heterocycles. The summed E-state index contributed by atoms with van der Waals surface area (Å²) in [7, 11) is 0. The summed E-state index contributed by atoms with van der Waals surface area (Å²) in [5, 5.41) is 9.23. The molecule has 0 spiro atoms. The highest BCUT2D eigenvalue weighted by molar-refractivity contribution is 5.93. The topological polar surface area (TPSA) is 135 Å². The van der Waals surface area contributed by atoms with Gasteiger partial charge in [0.1, 0.15) is 11.9 Å². The first-order chi connectivity index (χ1) is 20.3. The lowest BCUT2D eigenvalue weighted by Gasteiger charge is -2.23. The van der Waals surface area contributed by atoms with Crippen molar-refractivity contribution in [2.75, 3.05) is 32.8 Å². The number of likely N-dealkylation sites (N-methyl/N-ethyl adjacent to an activating group) is 1. The zero-order valence-corrected chi connectivity index (χ0v) is 24.5. The van der Waals surface area contributed by atoms with Crippen LogP contribution < -0.4 is 4.74 Å². The quantitative estimate of drug-likeness (QED) is 0.0515. The standard InChI is InChI=1S/C31H40N2O9/c1-4-7-14-28(42-30(35)23-32(5-2)6-3)26-12-8-9-13-27(26)31(36)41-25-18-15-24(16-19-25)17-20-29(34)39-21-10-11-22-40-33(37)38/h8-9,12-13,15-20,28H,4-7,10-11,14,21-23H2,1-3H3/b20-17+. The average molecular weight is 585 g/mol. The molecule has 2 aromatic carbocycles. The summed E-state index contributed by atoms with van der Waals surface area (Å²) in [6.07, 6.45) is 5.42. The van der Waals surface area contributed by atoms with E-state index in [9.17, 15) is 24.5 Å². The highest BCUT2D eigenvalue weighted by atomic mass is 16.9. The van der Waals surface area contributed by atoms with Gasteiger partial charge in [-0.15, -0.1) is 10.1 Å². The molecule has 0 amide bonds. The van der Waals surface area contributed by atoms with Crippen molar-refractivity contribution in [1.29, 1.82) is 0 Å². The smallest absolute Gasteiger partial charge is 0.343 e. The van der Waals surface area contributed by atoms with Gasteiger partial charge in [0.25, 0.3) is 5.09 Å². The molecule has 11 nitrogen and oxygen atoms in total. The van der Waals surface area contributed by atoms with Crippen molar-refractivity contribution in [1.82, 2.24) is 4.90 Å². The molecule has 0 bridgehead atoms. The van der Waals surface area contributed by atoms with Gasteiger partial charge in [0.15, 0.2) is 0 Å². The summed E-state index contributed by atoms with van der Waals surface area (Å²) in [6, 6.07) is 13.6. The summed E-state index contributed by atoms with van der Waals surface area (Å²) in [6.45, 7) is 7.75. The Morgan fingerprint density at radius 2 is 1.64 bits per heavy atom. The van der Waals surface area contributed by atoms with Gasteiger partial charge in [0.05, 0.1) is 25.3 Å². The van der Waals surface area contributed by atoms with Crippen LogP contribution in [-0.2, 0) is 23.9 Å². The summed E-state index contributed by atoms with van der Waals surface area (Å²) >= 11 is 0. The Hall–Kier alpha value is -4.25. The third-order valence-corrected chi connectivity index (χ3v) is 6.35. The SMILES string of the molecule is CCCCC(OC(=O)CN(CC)CC)c1ccccc1C(=O)Oc1ccc(/C=C/C(=O)OCCCCO[N+](=O)[O-])cc1. The van der Waals surface area contributed by atoms with Crippen LogP contribution in [0.2, 0.25) is 0 Å². The minimum atomic E-state index is -0.863. The van der Waals surface area contributed by atoms with E-state index >= 15 is 0 Å². The molecule has 0 aliphatic rings. The highest BCUT2D eigenvalue weighted by Gasteiger charge is 2.24. The van der Waals surface area contributed by atoms with E-state index in [1.54, 1.807) is 54.6 Å². The van der Waals surface area contributed by atoms with Crippen molar-refractivity contribution in [2.24, 2.45) is 0 Å².